The monoisotopic (exact) mass is 748 g/mol. The van der Waals surface area contributed by atoms with E-state index in [-0.39, 0.29) is 12.0 Å². The van der Waals surface area contributed by atoms with Crippen molar-refractivity contribution in [3.05, 3.63) is 193 Å². The number of hydrogen-bond acceptors (Lipinski definition) is 6. The van der Waals surface area contributed by atoms with E-state index in [1.165, 1.54) is 53.8 Å². The Kier molecular flexibility index (Phi) is 7.16. The lowest BCUT2D eigenvalue weighted by Gasteiger charge is -2.30. The molecule has 2 unspecified atom stereocenters. The smallest absolute Gasteiger partial charge is 0.164 e. The topological polar surface area (TPSA) is 55.1 Å². The van der Waals surface area contributed by atoms with Crippen molar-refractivity contribution >= 4 is 59.9 Å². The number of fused-ring (bicyclic) bond motifs is 10. The molecule has 6 heteroatoms. The zero-order chi connectivity index (χ0) is 37.5. The molecule has 0 amide bonds. The molecule has 0 saturated heterocycles. The number of nitrogens with zero attached hydrogens (tertiary/aromatic N) is 4. The molecule has 12 rings (SSSR count). The Labute approximate surface area is 332 Å². The van der Waals surface area contributed by atoms with E-state index >= 15 is 0 Å². The molecule has 0 spiro atoms. The summed E-state index contributed by atoms with van der Waals surface area (Å²) in [5, 5.41) is 3.62. The van der Waals surface area contributed by atoms with Gasteiger partial charge in [-0.15, -0.1) is 11.3 Å². The number of benzene rings is 7. The normalized spacial score (nSPS) is 15.6. The van der Waals surface area contributed by atoms with Crippen molar-refractivity contribution in [2.45, 2.75) is 12.0 Å². The highest BCUT2D eigenvalue weighted by atomic mass is 32.1. The van der Waals surface area contributed by atoms with E-state index in [4.69, 9.17) is 19.4 Å². The van der Waals surface area contributed by atoms with Gasteiger partial charge in [-0.25, -0.2) is 15.0 Å². The summed E-state index contributed by atoms with van der Waals surface area (Å²) in [6.45, 7) is 0. The number of anilines is 2. The summed E-state index contributed by atoms with van der Waals surface area (Å²) < 4.78 is 9.19. The van der Waals surface area contributed by atoms with Gasteiger partial charge in [0.15, 0.2) is 17.5 Å². The van der Waals surface area contributed by atoms with Gasteiger partial charge in [0.05, 0.1) is 6.04 Å². The van der Waals surface area contributed by atoms with Gasteiger partial charge in [-0.3, -0.25) is 0 Å². The summed E-state index contributed by atoms with van der Waals surface area (Å²) in [7, 11) is 0. The molecule has 0 saturated carbocycles. The Morgan fingerprint density at radius 1 is 0.491 bits per heavy atom. The molecule has 0 radical (unpaired) electrons. The maximum atomic E-state index is 6.71. The van der Waals surface area contributed by atoms with Crippen LogP contribution in [0.2, 0.25) is 0 Å². The third-order valence-corrected chi connectivity index (χ3v) is 12.6. The van der Waals surface area contributed by atoms with Gasteiger partial charge >= 0.3 is 0 Å². The largest absolute Gasteiger partial charge is 0.456 e. The molecule has 4 heterocycles. The molecule has 0 N–H and O–H groups in total. The number of rotatable bonds is 5. The molecular formula is C51H32N4OS. The first-order valence-electron chi connectivity index (χ1n) is 19.3. The second-order valence-electron chi connectivity index (χ2n) is 14.7. The van der Waals surface area contributed by atoms with Crippen molar-refractivity contribution in [2.24, 2.45) is 0 Å². The van der Waals surface area contributed by atoms with Crippen LogP contribution in [-0.4, -0.2) is 21.0 Å². The molecule has 7 aromatic carbocycles. The molecule has 57 heavy (non-hydrogen) atoms. The van der Waals surface area contributed by atoms with Crippen LogP contribution in [-0.2, 0) is 0 Å². The molecule has 1 aliphatic carbocycles. The molecule has 5 nitrogen and oxygen atoms in total. The van der Waals surface area contributed by atoms with Crippen molar-refractivity contribution in [3.63, 3.8) is 0 Å². The van der Waals surface area contributed by atoms with Gasteiger partial charge in [-0.05, 0) is 59.2 Å². The number of hydrogen-bond donors (Lipinski definition) is 0. The van der Waals surface area contributed by atoms with Crippen LogP contribution in [0.3, 0.4) is 0 Å². The van der Waals surface area contributed by atoms with E-state index in [0.29, 0.717) is 17.5 Å². The summed E-state index contributed by atoms with van der Waals surface area (Å²) in [4.78, 5) is 17.7. The van der Waals surface area contributed by atoms with Crippen LogP contribution in [0.15, 0.2) is 180 Å². The summed E-state index contributed by atoms with van der Waals surface area (Å²) >= 11 is 1.79. The Morgan fingerprint density at radius 2 is 1.09 bits per heavy atom. The van der Waals surface area contributed by atoms with Crippen LogP contribution >= 0.6 is 11.3 Å². The van der Waals surface area contributed by atoms with Gasteiger partial charge in [0, 0.05) is 65.1 Å². The molecule has 0 fully saturated rings. The maximum Gasteiger partial charge on any atom is 0.164 e. The Balaban J connectivity index is 0.948. The third-order valence-electron chi connectivity index (χ3n) is 11.5. The lowest BCUT2D eigenvalue weighted by Crippen LogP contribution is -2.30. The minimum Gasteiger partial charge on any atom is -0.456 e. The number of furan rings is 1. The fourth-order valence-electron chi connectivity index (χ4n) is 8.86. The van der Waals surface area contributed by atoms with E-state index in [9.17, 15) is 0 Å². The highest BCUT2D eigenvalue weighted by molar-refractivity contribution is 7.25. The molecule has 2 atom stereocenters. The van der Waals surface area contributed by atoms with Crippen molar-refractivity contribution in [3.8, 4) is 45.3 Å². The molecule has 1 aliphatic heterocycles. The Bertz CT molecular complexity index is 3200. The predicted molar refractivity (Wildman–Crippen MR) is 234 cm³/mol. The predicted octanol–water partition coefficient (Wildman–Crippen LogP) is 13.3. The first-order valence-corrected chi connectivity index (χ1v) is 20.1. The first-order chi connectivity index (χ1) is 28.2. The fraction of sp³-hybridized carbons (Fsp3) is 0.0392. The quantitative estimate of drug-likeness (QED) is 0.175. The van der Waals surface area contributed by atoms with Crippen LogP contribution in [0.25, 0.3) is 82.5 Å². The Morgan fingerprint density at radius 3 is 1.88 bits per heavy atom. The number of para-hydroxylation sites is 1. The average Bonchev–Trinajstić information content (AvgIpc) is 3.95. The van der Waals surface area contributed by atoms with E-state index < -0.39 is 0 Å². The second-order valence-corrected chi connectivity index (χ2v) is 15.8. The number of thiophene rings is 1. The zero-order valence-electron chi connectivity index (χ0n) is 30.6. The minimum atomic E-state index is 0.107. The second kappa shape index (κ2) is 12.7. The van der Waals surface area contributed by atoms with Crippen LogP contribution in [0.5, 0.6) is 0 Å². The van der Waals surface area contributed by atoms with E-state index in [0.717, 1.165) is 33.4 Å². The van der Waals surface area contributed by atoms with E-state index in [1.807, 2.05) is 30.3 Å². The van der Waals surface area contributed by atoms with Gasteiger partial charge in [-0.1, -0.05) is 140 Å². The van der Waals surface area contributed by atoms with E-state index in [1.54, 1.807) is 11.3 Å². The van der Waals surface area contributed by atoms with Crippen molar-refractivity contribution in [2.75, 3.05) is 4.90 Å². The highest BCUT2D eigenvalue weighted by Crippen LogP contribution is 2.53. The first kappa shape index (κ1) is 32.1. The third kappa shape index (κ3) is 5.18. The van der Waals surface area contributed by atoms with Gasteiger partial charge < -0.3 is 9.32 Å². The average molecular weight is 749 g/mol. The van der Waals surface area contributed by atoms with Crippen molar-refractivity contribution in [1.29, 1.82) is 0 Å². The van der Waals surface area contributed by atoms with Crippen LogP contribution in [0, 0.1) is 0 Å². The minimum absolute atomic E-state index is 0.107. The van der Waals surface area contributed by atoms with Crippen molar-refractivity contribution in [1.82, 2.24) is 15.0 Å². The summed E-state index contributed by atoms with van der Waals surface area (Å²) in [6.07, 6.45) is 4.46. The Hall–Kier alpha value is -7.15. The van der Waals surface area contributed by atoms with Gasteiger partial charge in [-0.2, -0.15) is 0 Å². The molecule has 2 aliphatic rings. The van der Waals surface area contributed by atoms with Gasteiger partial charge in [0.2, 0.25) is 0 Å². The molecule has 3 aromatic heterocycles. The van der Waals surface area contributed by atoms with Crippen molar-refractivity contribution < 1.29 is 4.42 Å². The summed E-state index contributed by atoms with van der Waals surface area (Å²) in [5.41, 5.74) is 10.9. The summed E-state index contributed by atoms with van der Waals surface area (Å²) in [5.74, 6) is 2.89. The zero-order valence-corrected chi connectivity index (χ0v) is 31.4. The fourth-order valence-corrected chi connectivity index (χ4v) is 10.0. The van der Waals surface area contributed by atoms with Crippen LogP contribution < -0.4 is 4.90 Å². The highest BCUT2D eigenvalue weighted by Gasteiger charge is 2.43. The standard InChI is InChI=1S/C51H32N4OS/c1-3-11-31(12-4-1)32-19-23-36(24-20-32)55-41-17-9-7-16-39(41)47-42(55)27-28-43-48(47)40-26-22-34(29-44(40)56-43)50-52-49(33-13-5-2-6-14-33)53-51(54-50)35-21-25-38-37-15-8-10-18-45(37)57-46(38)30-35/h1-30,42,47H. The van der Waals surface area contributed by atoms with Crippen LogP contribution in [0.1, 0.15) is 22.8 Å². The number of aromatic nitrogens is 3. The molecule has 268 valence electrons. The van der Waals surface area contributed by atoms with Crippen LogP contribution in [0.4, 0.5) is 11.4 Å². The summed E-state index contributed by atoms with van der Waals surface area (Å²) in [6, 6.07) is 60.1. The molecule has 10 aromatic rings. The SMILES string of the molecule is C1=CC2C(c3ccccc3N2c2ccc(-c3ccccc3)cc2)c2c1oc1cc(-c3nc(-c4ccccc4)nc(-c4ccc5c(c4)sc4ccccc45)n3)ccc21. The lowest BCUT2D eigenvalue weighted by molar-refractivity contribution is 0.584. The van der Waals surface area contributed by atoms with E-state index in [2.05, 4.69) is 157 Å². The molecular weight excluding hydrogens is 717 g/mol. The lowest BCUT2D eigenvalue weighted by atomic mass is 9.82. The van der Waals surface area contributed by atoms with Gasteiger partial charge in [0.25, 0.3) is 0 Å². The molecule has 0 bridgehead atoms. The maximum absolute atomic E-state index is 6.71. The van der Waals surface area contributed by atoms with Gasteiger partial charge in [0.1, 0.15) is 11.3 Å².